The zero-order chi connectivity index (χ0) is 24.7. The average Bonchev–Trinajstić information content (AvgIpc) is 2.75. The van der Waals surface area contributed by atoms with Crippen LogP contribution in [-0.2, 0) is 23.7 Å². The van der Waals surface area contributed by atoms with Crippen molar-refractivity contribution in [1.29, 1.82) is 0 Å². The van der Waals surface area contributed by atoms with Gasteiger partial charge in [-0.1, -0.05) is 44.0 Å². The Morgan fingerprint density at radius 1 is 1.24 bits per heavy atom. The largest absolute Gasteiger partial charge is 0.622 e. The lowest BCUT2D eigenvalue weighted by Gasteiger charge is -2.25. The topological polar surface area (TPSA) is 114 Å². The fraction of sp³-hybridized carbons (Fsp3) is 0.524. The molecule has 1 saturated heterocycles. The van der Waals surface area contributed by atoms with Gasteiger partial charge in [-0.2, -0.15) is 0 Å². The number of rotatable bonds is 7. The van der Waals surface area contributed by atoms with Crippen molar-refractivity contribution in [1.82, 2.24) is 15.5 Å². The molecule has 2 atom stereocenters. The molecule has 2 N–H and O–H groups in total. The van der Waals surface area contributed by atoms with Gasteiger partial charge in [-0.25, -0.2) is 0 Å². The molecule has 9 nitrogen and oxygen atoms in total. The molecule has 1 aliphatic heterocycles. The Balaban J connectivity index is 2.09. The van der Waals surface area contributed by atoms with E-state index in [9.17, 15) is 19.2 Å². The van der Waals surface area contributed by atoms with E-state index in [0.29, 0.717) is 18.0 Å². The number of benzene rings is 1. The summed E-state index contributed by atoms with van der Waals surface area (Å²) in [7, 11) is 0.413. The molecule has 0 radical (unpaired) electrons. The maximum absolute atomic E-state index is 12.6. The molecule has 12 heteroatoms. The van der Waals surface area contributed by atoms with Crippen LogP contribution in [0.25, 0.3) is 0 Å². The van der Waals surface area contributed by atoms with Crippen LogP contribution in [0.4, 0.5) is 0 Å². The number of likely N-dealkylation sites (N-methyl/N-ethyl adjacent to an activating group) is 1. The van der Waals surface area contributed by atoms with Gasteiger partial charge in [-0.3, -0.25) is 24.1 Å². The van der Waals surface area contributed by atoms with E-state index in [-0.39, 0.29) is 29.6 Å². The van der Waals surface area contributed by atoms with Crippen LogP contribution in [0, 0.1) is 11.8 Å². The molecular formula is C21H28BCl2N3O6. The molecule has 0 bridgehead atoms. The van der Waals surface area contributed by atoms with E-state index in [4.69, 9.17) is 32.5 Å². The van der Waals surface area contributed by atoms with Gasteiger partial charge in [0.15, 0.2) is 0 Å². The predicted octanol–water partition coefficient (Wildman–Crippen LogP) is 1.95. The van der Waals surface area contributed by atoms with Crippen LogP contribution in [0.3, 0.4) is 0 Å². The van der Waals surface area contributed by atoms with Crippen LogP contribution in [0.15, 0.2) is 18.2 Å². The number of carbonyl (C=O) groups is 4. The first kappa shape index (κ1) is 27.0. The van der Waals surface area contributed by atoms with Gasteiger partial charge in [0, 0.05) is 11.6 Å². The van der Waals surface area contributed by atoms with Crippen LogP contribution >= 0.6 is 23.2 Å². The number of nitrogens with zero attached hydrogens (tertiary/aromatic N) is 1. The molecular weight excluding hydrogens is 472 g/mol. The van der Waals surface area contributed by atoms with Crippen molar-refractivity contribution in [3.8, 4) is 0 Å². The highest BCUT2D eigenvalue weighted by Crippen LogP contribution is 2.20. The van der Waals surface area contributed by atoms with E-state index in [1.807, 2.05) is 13.8 Å². The van der Waals surface area contributed by atoms with E-state index in [2.05, 4.69) is 10.6 Å². The zero-order valence-electron chi connectivity index (χ0n) is 19.0. The quantitative estimate of drug-likeness (QED) is 0.551. The van der Waals surface area contributed by atoms with Crippen molar-refractivity contribution in [2.24, 2.45) is 11.8 Å². The highest BCUT2D eigenvalue weighted by atomic mass is 35.5. The van der Waals surface area contributed by atoms with Gasteiger partial charge >= 0.3 is 13.1 Å². The minimum absolute atomic E-state index is 0.0176. The lowest BCUT2D eigenvalue weighted by molar-refractivity contribution is -0.142. The Morgan fingerprint density at radius 3 is 2.61 bits per heavy atom. The minimum atomic E-state index is -1.29. The molecule has 2 amide bonds. The predicted molar refractivity (Wildman–Crippen MR) is 125 cm³/mol. The summed E-state index contributed by atoms with van der Waals surface area (Å²) in [5, 5.41) is 5.70. The summed E-state index contributed by atoms with van der Waals surface area (Å²) in [6, 6.07) is 4.42. The summed E-state index contributed by atoms with van der Waals surface area (Å²) >= 11 is 11.9. The van der Waals surface area contributed by atoms with Gasteiger partial charge in [-0.05, 0) is 37.6 Å². The minimum Gasteiger partial charge on any atom is -0.498 e. The molecule has 0 saturated carbocycles. The first-order chi connectivity index (χ1) is 15.5. The second kappa shape index (κ2) is 12.2. The molecule has 2 rings (SSSR count). The Labute approximate surface area is 203 Å². The van der Waals surface area contributed by atoms with Crippen molar-refractivity contribution in [3.63, 3.8) is 0 Å². The van der Waals surface area contributed by atoms with Crippen LogP contribution in [0.5, 0.6) is 0 Å². The number of hydrogen-bond donors (Lipinski definition) is 2. The highest BCUT2D eigenvalue weighted by molar-refractivity contribution is 6.51. The molecule has 1 fully saturated rings. The molecule has 1 unspecified atom stereocenters. The van der Waals surface area contributed by atoms with Crippen molar-refractivity contribution in [2.75, 3.05) is 26.7 Å². The van der Waals surface area contributed by atoms with E-state index in [0.717, 1.165) is 0 Å². The molecule has 33 heavy (non-hydrogen) atoms. The van der Waals surface area contributed by atoms with Crippen molar-refractivity contribution in [3.05, 3.63) is 33.8 Å². The van der Waals surface area contributed by atoms with E-state index < -0.39 is 42.7 Å². The summed E-state index contributed by atoms with van der Waals surface area (Å²) in [6.45, 7) is 5.47. The van der Waals surface area contributed by atoms with Gasteiger partial charge in [0.2, 0.25) is 5.91 Å². The second-order valence-corrected chi connectivity index (χ2v) is 9.35. The lowest BCUT2D eigenvalue weighted by atomic mass is 9.73. The SMILES string of the molecule is CC(C)C[C@H](NC(=O)CNC(=O)c1cc(Cl)ccc1Cl)B1OC(=O)CN(C)CC(C)C(=O)O1. The molecule has 180 valence electrons. The Bertz CT molecular complexity index is 901. The Kier molecular flexibility index (Phi) is 10.0. The fourth-order valence-corrected chi connectivity index (χ4v) is 3.72. The number of amides is 2. The van der Waals surface area contributed by atoms with Gasteiger partial charge < -0.3 is 19.9 Å². The normalized spacial score (nSPS) is 18.5. The Morgan fingerprint density at radius 2 is 1.94 bits per heavy atom. The van der Waals surface area contributed by atoms with Crippen LogP contribution in [0.2, 0.25) is 10.0 Å². The third-order valence-corrected chi connectivity index (χ3v) is 5.41. The first-order valence-electron chi connectivity index (χ1n) is 10.6. The summed E-state index contributed by atoms with van der Waals surface area (Å²) in [4.78, 5) is 51.4. The molecule has 0 aliphatic carbocycles. The Hall–Kier alpha value is -2.30. The third-order valence-electron chi connectivity index (χ3n) is 4.85. The molecule has 1 heterocycles. The van der Waals surface area contributed by atoms with Gasteiger partial charge in [0.1, 0.15) is 0 Å². The number of nitrogens with one attached hydrogen (secondary N) is 2. The fourth-order valence-electron chi connectivity index (χ4n) is 3.34. The average molecular weight is 500 g/mol. The lowest BCUT2D eigenvalue weighted by Crippen LogP contribution is -2.53. The van der Waals surface area contributed by atoms with Gasteiger partial charge in [-0.15, -0.1) is 0 Å². The molecule has 1 aromatic rings. The molecule has 1 aromatic carbocycles. The van der Waals surface area contributed by atoms with Crippen LogP contribution in [0.1, 0.15) is 37.6 Å². The summed E-state index contributed by atoms with van der Waals surface area (Å²) in [5.41, 5.74) is 0.132. The molecule has 1 aliphatic rings. The number of halogens is 2. The number of carbonyl (C=O) groups excluding carboxylic acids is 4. The van der Waals surface area contributed by atoms with Crippen molar-refractivity contribution >= 4 is 54.1 Å². The third kappa shape index (κ3) is 8.53. The van der Waals surface area contributed by atoms with Crippen molar-refractivity contribution in [2.45, 2.75) is 33.1 Å². The summed E-state index contributed by atoms with van der Waals surface area (Å²) in [5.74, 6) is -3.43. The molecule has 0 aromatic heterocycles. The zero-order valence-corrected chi connectivity index (χ0v) is 20.5. The highest BCUT2D eigenvalue weighted by Gasteiger charge is 2.41. The summed E-state index contributed by atoms with van der Waals surface area (Å²) < 4.78 is 10.8. The van der Waals surface area contributed by atoms with Gasteiger partial charge in [0.05, 0.1) is 35.5 Å². The molecule has 0 spiro atoms. The van der Waals surface area contributed by atoms with Crippen molar-refractivity contribution < 1.29 is 28.5 Å². The van der Waals surface area contributed by atoms with E-state index in [1.165, 1.54) is 12.1 Å². The smallest absolute Gasteiger partial charge is 0.498 e. The standard InChI is InChI=1S/C21H28BCl2N3O6/c1-12(2)7-17(22-32-19(29)11-27(4)10-13(3)21(31)33-22)26-18(28)9-25-20(30)15-8-14(23)5-6-16(15)24/h5-6,8,12-13,17H,7,9-11H2,1-4H3,(H,25,30)(H,26,28)/t13?,17-/m0/s1. The monoisotopic (exact) mass is 499 g/mol. The maximum atomic E-state index is 12.6. The van der Waals surface area contributed by atoms with E-state index in [1.54, 1.807) is 24.9 Å². The van der Waals surface area contributed by atoms with Gasteiger partial charge in [0.25, 0.3) is 11.9 Å². The second-order valence-electron chi connectivity index (χ2n) is 8.50. The van der Waals surface area contributed by atoms with E-state index >= 15 is 0 Å². The summed E-state index contributed by atoms with van der Waals surface area (Å²) in [6.07, 6.45) is 0.370. The maximum Gasteiger partial charge on any atom is 0.622 e. The van der Waals surface area contributed by atoms with Crippen LogP contribution in [-0.4, -0.2) is 68.4 Å². The number of hydrogen-bond acceptors (Lipinski definition) is 7. The first-order valence-corrected chi connectivity index (χ1v) is 11.3. The van der Waals surface area contributed by atoms with Crippen LogP contribution < -0.4 is 10.6 Å².